The van der Waals surface area contributed by atoms with E-state index >= 15 is 0 Å². The Morgan fingerprint density at radius 2 is 1.68 bits per heavy atom. The van der Waals surface area contributed by atoms with Gasteiger partial charge >= 0.3 is 11.5 Å². The fourth-order valence-corrected chi connectivity index (χ4v) is 5.34. The number of rotatable bonds is 7. The number of hydrogen-bond donors (Lipinski definition) is 3. The van der Waals surface area contributed by atoms with Crippen LogP contribution in [-0.2, 0) is 6.54 Å². The number of benzene rings is 3. The number of guanidine groups is 1. The number of nitrogens with two attached hydrogens (primary N) is 2. The second-order valence-electron chi connectivity index (χ2n) is 9.62. The van der Waals surface area contributed by atoms with Crippen LogP contribution in [0.2, 0.25) is 0 Å². The van der Waals surface area contributed by atoms with Gasteiger partial charge in [0.05, 0.1) is 6.54 Å². The molecule has 0 bridgehead atoms. The zero-order valence-electron chi connectivity index (χ0n) is 22.1. The third-order valence-corrected chi connectivity index (χ3v) is 7.46. The van der Waals surface area contributed by atoms with Crippen LogP contribution < -0.4 is 21.5 Å². The van der Waals surface area contributed by atoms with Crippen LogP contribution in [0.4, 0.5) is 29.3 Å². The molecule has 0 unspecified atom stereocenters. The molecule has 214 valence electrons. The average molecular weight is 584 g/mol. The molecule has 0 heterocycles. The maximum absolute atomic E-state index is 13.5. The van der Waals surface area contributed by atoms with E-state index in [0.717, 1.165) is 12.8 Å². The maximum Gasteiger partial charge on any atom is 0.446 e. The van der Waals surface area contributed by atoms with E-state index in [-0.39, 0.29) is 40.4 Å². The molecule has 8 nitrogen and oxygen atoms in total. The highest BCUT2D eigenvalue weighted by Crippen LogP contribution is 2.38. The number of nitrogens with one attached hydrogen (secondary N) is 1. The van der Waals surface area contributed by atoms with E-state index in [1.54, 1.807) is 24.3 Å². The summed E-state index contributed by atoms with van der Waals surface area (Å²) < 4.78 is 38.6. The van der Waals surface area contributed by atoms with Gasteiger partial charge in [-0.25, -0.2) is 4.79 Å². The summed E-state index contributed by atoms with van der Waals surface area (Å²) in [5, 5.41) is 5.88. The summed E-state index contributed by atoms with van der Waals surface area (Å²) >= 11 is -0.249. The molecule has 3 aromatic carbocycles. The molecule has 0 aliphatic heterocycles. The van der Waals surface area contributed by atoms with Crippen molar-refractivity contribution in [2.75, 3.05) is 10.2 Å². The lowest BCUT2D eigenvalue weighted by Gasteiger charge is -2.26. The smallest absolute Gasteiger partial charge is 0.363 e. The molecular formula is C29H30F3N6O2S+. The Bertz CT molecular complexity index is 1410. The van der Waals surface area contributed by atoms with Gasteiger partial charge in [-0.1, -0.05) is 49.6 Å². The number of nitrogens with zero attached hydrogens (tertiary/aromatic N) is 3. The van der Waals surface area contributed by atoms with Crippen LogP contribution in [-0.4, -0.2) is 23.4 Å². The molecule has 0 aromatic heterocycles. The average Bonchev–Trinajstić information content (AvgIpc) is 2.96. The molecule has 1 aliphatic carbocycles. The summed E-state index contributed by atoms with van der Waals surface area (Å²) in [6.45, 7) is 0.129. The highest BCUT2D eigenvalue weighted by molar-refractivity contribution is 8.00. The molecule has 4 rings (SSSR count). The molecule has 0 saturated heterocycles. The summed E-state index contributed by atoms with van der Waals surface area (Å²) in [4.78, 5) is 30.8. The van der Waals surface area contributed by atoms with Crippen molar-refractivity contribution in [2.45, 2.75) is 55.0 Å². The number of anilines is 2. The van der Waals surface area contributed by atoms with Crippen molar-refractivity contribution in [3.8, 4) is 0 Å². The number of carbonyl (C=O) groups is 2. The monoisotopic (exact) mass is 583 g/mol. The standard InChI is InChI=1S/C29H29F3N6O2S/c30-29(31,32)41-25-8-4-7-23(17-25)35-28(40)38(24-15-13-21(14-16-24)20-5-2-1-3-6-20)18-19-9-11-22(12-10-19)26(39)36-27(33)37-34/h4,7-17,20,34H,1-3,5-6,18H2,(H,35,40)(H2,33,36,39)/p+1. The molecule has 0 atom stereocenters. The maximum atomic E-state index is 13.5. The van der Waals surface area contributed by atoms with Gasteiger partial charge in [-0.2, -0.15) is 18.2 Å². The first-order valence-corrected chi connectivity index (χ1v) is 13.9. The van der Waals surface area contributed by atoms with Crippen molar-refractivity contribution < 1.29 is 28.3 Å². The fourth-order valence-electron chi connectivity index (χ4n) is 4.74. The summed E-state index contributed by atoms with van der Waals surface area (Å²) in [6.07, 6.45) is 5.91. The van der Waals surface area contributed by atoms with Crippen molar-refractivity contribution in [3.63, 3.8) is 0 Å². The Balaban J connectivity index is 1.57. The first-order chi connectivity index (χ1) is 19.6. The van der Waals surface area contributed by atoms with Crippen molar-refractivity contribution in [2.24, 2.45) is 15.8 Å². The van der Waals surface area contributed by atoms with Crippen molar-refractivity contribution in [1.82, 2.24) is 0 Å². The Hall–Kier alpha value is -4.19. The lowest BCUT2D eigenvalue weighted by atomic mass is 9.84. The molecule has 1 saturated carbocycles. The summed E-state index contributed by atoms with van der Waals surface area (Å²) in [6, 6.07) is 19.3. The van der Waals surface area contributed by atoms with E-state index in [1.807, 2.05) is 24.3 Å². The second-order valence-corrected chi connectivity index (χ2v) is 10.8. The van der Waals surface area contributed by atoms with Gasteiger partial charge in [0.2, 0.25) is 0 Å². The number of alkyl halides is 3. The molecule has 3 aromatic rings. The molecular weight excluding hydrogens is 553 g/mol. The summed E-state index contributed by atoms with van der Waals surface area (Å²) in [7, 11) is 0. The molecule has 0 spiro atoms. The van der Waals surface area contributed by atoms with Crippen LogP contribution in [0.5, 0.6) is 0 Å². The van der Waals surface area contributed by atoms with E-state index in [4.69, 9.17) is 11.3 Å². The zero-order valence-corrected chi connectivity index (χ0v) is 22.9. The Morgan fingerprint density at radius 3 is 2.32 bits per heavy atom. The predicted molar refractivity (Wildman–Crippen MR) is 153 cm³/mol. The Kier molecular flexibility index (Phi) is 9.77. The van der Waals surface area contributed by atoms with Crippen molar-refractivity contribution in [3.05, 3.63) is 89.5 Å². The first-order valence-electron chi connectivity index (χ1n) is 13.0. The largest absolute Gasteiger partial charge is 0.446 e. The third kappa shape index (κ3) is 8.65. The molecule has 0 radical (unpaired) electrons. The number of aliphatic imine (C=N–C) groups is 1. The Labute approximate surface area is 239 Å². The van der Waals surface area contributed by atoms with Crippen molar-refractivity contribution >= 4 is 41.0 Å². The van der Waals surface area contributed by atoms with Crippen LogP contribution in [0.1, 0.15) is 59.5 Å². The van der Waals surface area contributed by atoms with Crippen LogP contribution in [0.25, 0.3) is 0 Å². The van der Waals surface area contributed by atoms with Gasteiger partial charge in [-0.3, -0.25) is 9.69 Å². The zero-order chi connectivity index (χ0) is 29.4. The second kappa shape index (κ2) is 13.4. The molecule has 41 heavy (non-hydrogen) atoms. The summed E-state index contributed by atoms with van der Waals surface area (Å²) in [5.41, 5.74) is 9.00. The Morgan fingerprint density at radius 1 is 1.00 bits per heavy atom. The fraction of sp³-hybridized carbons (Fsp3) is 0.276. The molecule has 1 aliphatic rings. The predicted octanol–water partition coefficient (Wildman–Crippen LogP) is 6.25. The van der Waals surface area contributed by atoms with E-state index in [0.29, 0.717) is 17.2 Å². The van der Waals surface area contributed by atoms with Crippen LogP contribution in [0, 0.1) is 0 Å². The van der Waals surface area contributed by atoms with Gasteiger partial charge in [-0.05, 0) is 84.1 Å². The quantitative estimate of drug-likeness (QED) is 0.132. The number of halogens is 3. The van der Waals surface area contributed by atoms with Gasteiger partial charge < -0.3 is 11.1 Å². The minimum atomic E-state index is -4.45. The third-order valence-electron chi connectivity index (χ3n) is 6.74. The van der Waals surface area contributed by atoms with E-state index in [1.165, 1.54) is 54.0 Å². The van der Waals surface area contributed by atoms with Crippen molar-refractivity contribution in [1.29, 1.82) is 0 Å². The highest BCUT2D eigenvalue weighted by Gasteiger charge is 2.29. The van der Waals surface area contributed by atoms with Gasteiger partial charge in [0.15, 0.2) is 0 Å². The van der Waals surface area contributed by atoms with Gasteiger partial charge in [0, 0.05) is 26.9 Å². The molecule has 12 heteroatoms. The van der Waals surface area contributed by atoms with Gasteiger partial charge in [-0.15, -0.1) is 5.53 Å². The molecule has 3 amide bonds. The minimum Gasteiger partial charge on any atom is -0.363 e. The first kappa shape index (κ1) is 29.8. The minimum absolute atomic E-state index is 0.0373. The topological polar surface area (TPSA) is 126 Å². The lowest BCUT2D eigenvalue weighted by molar-refractivity contribution is -0.207. The van der Waals surface area contributed by atoms with Crippen LogP contribution in [0.15, 0.2) is 87.8 Å². The van der Waals surface area contributed by atoms with Gasteiger partial charge in [0.1, 0.15) is 0 Å². The number of urea groups is 1. The number of amides is 3. The number of hydrogen-bond acceptors (Lipinski definition) is 3. The van der Waals surface area contributed by atoms with E-state index < -0.39 is 17.4 Å². The van der Waals surface area contributed by atoms with Gasteiger partial charge in [0.25, 0.3) is 11.9 Å². The SMILES string of the molecule is NC(N=[NH2+])=NC(=O)c1ccc(CN(C(=O)Nc2cccc(SC(F)(F)F)c2)c2ccc(C3CCCCC3)cc2)cc1. The molecule has 5 N–H and O–H groups in total. The van der Waals surface area contributed by atoms with E-state index in [2.05, 4.69) is 15.4 Å². The van der Waals surface area contributed by atoms with Crippen LogP contribution >= 0.6 is 11.8 Å². The van der Waals surface area contributed by atoms with E-state index in [9.17, 15) is 22.8 Å². The lowest BCUT2D eigenvalue weighted by Crippen LogP contribution is -2.34. The normalized spacial score (nSPS) is 14.4. The highest BCUT2D eigenvalue weighted by atomic mass is 32.2. The molecule has 1 fully saturated rings. The van der Waals surface area contributed by atoms with Crippen LogP contribution in [0.3, 0.4) is 0 Å². The number of thioether (sulfide) groups is 1. The summed E-state index contributed by atoms with van der Waals surface area (Å²) in [5.74, 6) is -0.480. The number of carbonyl (C=O) groups excluding carboxylic acids is 2.